The molecule has 0 unspecified atom stereocenters. The van der Waals surface area contributed by atoms with Gasteiger partial charge in [-0.15, -0.1) is 0 Å². The average molecular weight is 312 g/mol. The van der Waals surface area contributed by atoms with Crippen molar-refractivity contribution in [2.45, 2.75) is 6.92 Å². The molecule has 0 aliphatic carbocycles. The maximum Gasteiger partial charge on any atom is 0.310 e. The van der Waals surface area contributed by atoms with Crippen LogP contribution >= 0.6 is 11.3 Å². The minimum absolute atomic E-state index is 0.0257. The van der Waals surface area contributed by atoms with Gasteiger partial charge in [0.05, 0.1) is 11.4 Å². The second kappa shape index (κ2) is 5.57. The SMILES string of the molecule is CC(=Nc1ccc2ccccc2c1)c1c(O)sc(=O)[nH]c1=O. The maximum absolute atomic E-state index is 11.8. The normalized spacial score (nSPS) is 11.8. The van der Waals surface area contributed by atoms with Crippen LogP contribution in [0.5, 0.6) is 5.06 Å². The molecule has 0 fully saturated rings. The van der Waals surface area contributed by atoms with Crippen molar-refractivity contribution in [2.75, 3.05) is 0 Å². The third-order valence-electron chi connectivity index (χ3n) is 3.24. The number of aromatic amines is 1. The Morgan fingerprint density at radius 1 is 1.14 bits per heavy atom. The average Bonchev–Trinajstić information content (AvgIpc) is 2.46. The molecule has 1 aromatic heterocycles. The van der Waals surface area contributed by atoms with Crippen LogP contribution < -0.4 is 10.4 Å². The number of rotatable bonds is 2. The molecule has 3 aromatic rings. The van der Waals surface area contributed by atoms with Crippen LogP contribution in [-0.4, -0.2) is 15.8 Å². The Balaban J connectivity index is 2.10. The van der Waals surface area contributed by atoms with E-state index in [1.807, 2.05) is 42.5 Å². The summed E-state index contributed by atoms with van der Waals surface area (Å²) in [5.41, 5.74) is 0.414. The highest BCUT2D eigenvalue weighted by atomic mass is 32.1. The molecule has 0 saturated heterocycles. The number of fused-ring (bicyclic) bond motifs is 1. The van der Waals surface area contributed by atoms with Crippen LogP contribution in [0.15, 0.2) is 57.0 Å². The lowest BCUT2D eigenvalue weighted by Crippen LogP contribution is -2.22. The Labute approximate surface area is 129 Å². The van der Waals surface area contributed by atoms with E-state index in [1.165, 1.54) is 0 Å². The van der Waals surface area contributed by atoms with Crippen molar-refractivity contribution in [1.82, 2.24) is 4.98 Å². The highest BCUT2D eigenvalue weighted by Crippen LogP contribution is 2.23. The van der Waals surface area contributed by atoms with E-state index in [1.54, 1.807) is 6.92 Å². The molecule has 6 heteroatoms. The van der Waals surface area contributed by atoms with E-state index in [0.717, 1.165) is 10.8 Å². The van der Waals surface area contributed by atoms with Gasteiger partial charge in [-0.3, -0.25) is 19.6 Å². The first-order valence-electron chi connectivity index (χ1n) is 6.55. The van der Waals surface area contributed by atoms with Gasteiger partial charge in [0.15, 0.2) is 5.06 Å². The third-order valence-corrected chi connectivity index (χ3v) is 3.92. The molecule has 0 aliphatic rings. The van der Waals surface area contributed by atoms with E-state index in [-0.39, 0.29) is 10.6 Å². The lowest BCUT2D eigenvalue weighted by Gasteiger charge is -2.03. The first-order valence-corrected chi connectivity index (χ1v) is 7.37. The van der Waals surface area contributed by atoms with Gasteiger partial charge in [0.2, 0.25) is 0 Å². The van der Waals surface area contributed by atoms with E-state index < -0.39 is 10.4 Å². The van der Waals surface area contributed by atoms with Crippen molar-refractivity contribution in [3.05, 3.63) is 68.0 Å². The van der Waals surface area contributed by atoms with Crippen LogP contribution in [0.25, 0.3) is 10.8 Å². The number of aromatic hydroxyl groups is 1. The molecule has 0 spiro atoms. The molecule has 110 valence electrons. The first-order chi connectivity index (χ1) is 10.5. The van der Waals surface area contributed by atoms with Crippen molar-refractivity contribution in [1.29, 1.82) is 0 Å². The Hall–Kier alpha value is -2.73. The highest BCUT2D eigenvalue weighted by Gasteiger charge is 2.12. The van der Waals surface area contributed by atoms with Gasteiger partial charge in [0, 0.05) is 0 Å². The summed E-state index contributed by atoms with van der Waals surface area (Å²) in [7, 11) is 0. The van der Waals surface area contributed by atoms with Gasteiger partial charge in [-0.1, -0.05) is 30.3 Å². The molecule has 22 heavy (non-hydrogen) atoms. The summed E-state index contributed by atoms with van der Waals surface area (Å²) in [5, 5.41) is 11.6. The fraction of sp³-hybridized carbons (Fsp3) is 0.0625. The predicted octanol–water partition coefficient (Wildman–Crippen LogP) is 2.80. The number of nitrogens with one attached hydrogen (secondary N) is 1. The van der Waals surface area contributed by atoms with Gasteiger partial charge < -0.3 is 5.11 Å². The molecule has 2 N–H and O–H groups in total. The molecular formula is C16H12N2O3S. The van der Waals surface area contributed by atoms with Gasteiger partial charge >= 0.3 is 4.87 Å². The van der Waals surface area contributed by atoms with Gasteiger partial charge in [-0.2, -0.15) is 0 Å². The molecule has 2 aromatic carbocycles. The molecule has 0 bridgehead atoms. The third kappa shape index (κ3) is 2.68. The van der Waals surface area contributed by atoms with E-state index in [9.17, 15) is 14.7 Å². The molecule has 0 radical (unpaired) electrons. The highest BCUT2D eigenvalue weighted by molar-refractivity contribution is 7.11. The van der Waals surface area contributed by atoms with Crippen LogP contribution in [0.3, 0.4) is 0 Å². The summed E-state index contributed by atoms with van der Waals surface area (Å²) in [6, 6.07) is 13.5. The van der Waals surface area contributed by atoms with Crippen molar-refractivity contribution in [3.63, 3.8) is 0 Å². The lowest BCUT2D eigenvalue weighted by atomic mass is 10.1. The zero-order valence-corrected chi connectivity index (χ0v) is 12.5. The number of H-pyrrole nitrogens is 1. The minimum atomic E-state index is -0.636. The van der Waals surface area contributed by atoms with Crippen LogP contribution in [0, 0.1) is 0 Å². The maximum atomic E-state index is 11.8. The molecule has 3 rings (SSSR count). The topological polar surface area (TPSA) is 82.5 Å². The summed E-state index contributed by atoms with van der Waals surface area (Å²) < 4.78 is 0. The standard InChI is InChI=1S/C16H12N2O3S/c1-9(13-14(19)18-16(21)22-15(13)20)17-12-7-6-10-4-2-3-5-11(10)8-12/h2-8,20H,1H3,(H,18,19,21). The van der Waals surface area contributed by atoms with Crippen molar-refractivity contribution >= 4 is 33.5 Å². The van der Waals surface area contributed by atoms with E-state index >= 15 is 0 Å². The fourth-order valence-corrected chi connectivity index (χ4v) is 2.89. The Morgan fingerprint density at radius 2 is 1.86 bits per heavy atom. The molecule has 0 saturated carbocycles. The largest absolute Gasteiger partial charge is 0.499 e. The number of hydrogen-bond donors (Lipinski definition) is 2. The minimum Gasteiger partial charge on any atom is -0.499 e. The van der Waals surface area contributed by atoms with Gasteiger partial charge in [-0.25, -0.2) is 0 Å². The summed E-state index contributed by atoms with van der Waals surface area (Å²) >= 11 is 0.578. The fourth-order valence-electron chi connectivity index (χ4n) is 2.23. The molecular weight excluding hydrogens is 300 g/mol. The van der Waals surface area contributed by atoms with Crippen molar-refractivity contribution < 1.29 is 5.11 Å². The summed E-state index contributed by atoms with van der Waals surface area (Å²) in [5.74, 6) is 0. The Morgan fingerprint density at radius 3 is 2.59 bits per heavy atom. The van der Waals surface area contributed by atoms with E-state index in [4.69, 9.17) is 0 Å². The first kappa shape index (κ1) is 14.2. The van der Waals surface area contributed by atoms with Crippen molar-refractivity contribution in [3.8, 4) is 5.06 Å². The number of aromatic nitrogens is 1. The molecule has 0 amide bonds. The van der Waals surface area contributed by atoms with E-state index in [2.05, 4.69) is 9.98 Å². The van der Waals surface area contributed by atoms with Crippen LogP contribution in [0.1, 0.15) is 12.5 Å². The van der Waals surface area contributed by atoms with E-state index in [0.29, 0.717) is 22.7 Å². The zero-order chi connectivity index (χ0) is 15.7. The second-order valence-electron chi connectivity index (χ2n) is 4.75. The number of nitrogens with zero attached hydrogens (tertiary/aromatic N) is 1. The van der Waals surface area contributed by atoms with Crippen molar-refractivity contribution in [2.24, 2.45) is 4.99 Å². The molecule has 1 heterocycles. The number of aliphatic imine (C=N–C) groups is 1. The molecule has 0 aliphatic heterocycles. The predicted molar refractivity (Wildman–Crippen MR) is 88.7 cm³/mol. The Bertz CT molecular complexity index is 1000. The zero-order valence-electron chi connectivity index (χ0n) is 11.7. The summed E-state index contributed by atoms with van der Waals surface area (Å²) in [4.78, 5) is 28.9. The summed E-state index contributed by atoms with van der Waals surface area (Å²) in [6.45, 7) is 1.62. The molecule has 5 nitrogen and oxygen atoms in total. The van der Waals surface area contributed by atoms with Crippen LogP contribution in [0.4, 0.5) is 5.69 Å². The monoisotopic (exact) mass is 312 g/mol. The number of benzene rings is 2. The second-order valence-corrected chi connectivity index (χ2v) is 5.71. The lowest BCUT2D eigenvalue weighted by molar-refractivity contribution is 0.487. The smallest absolute Gasteiger partial charge is 0.310 e. The quantitative estimate of drug-likeness (QED) is 0.714. The van der Waals surface area contributed by atoms with Gasteiger partial charge in [-0.05, 0) is 41.2 Å². The molecule has 0 atom stereocenters. The Kier molecular flexibility index (Phi) is 3.60. The number of hydrogen-bond acceptors (Lipinski definition) is 5. The van der Waals surface area contributed by atoms with Crippen LogP contribution in [-0.2, 0) is 0 Å². The van der Waals surface area contributed by atoms with Crippen LogP contribution in [0.2, 0.25) is 0 Å². The van der Waals surface area contributed by atoms with Gasteiger partial charge in [0.1, 0.15) is 5.56 Å². The van der Waals surface area contributed by atoms with Gasteiger partial charge in [0.25, 0.3) is 5.56 Å². The summed E-state index contributed by atoms with van der Waals surface area (Å²) in [6.07, 6.45) is 0.